The van der Waals surface area contributed by atoms with Gasteiger partial charge in [-0.1, -0.05) is 36.4 Å². The standard InChI is InChI=1S/C25H22FN5O5/c1-25(26)19(36-23(33)16-10-6-3-7-11-16)17(12-34-22(32)15-8-4-2-5-9-15)35-24(25)31-14-30-18-20(27)28-13-29-21(18)31/h2-11,13-14,17,19,24H,12H2,1H3,(H2,27,28,29)/t17-,19-,24+,25-/m1/s1. The normalized spacial score (nSPS) is 23.4. The van der Waals surface area contributed by atoms with E-state index in [1.807, 2.05) is 0 Å². The SMILES string of the molecule is C[C@@]1(F)[C@H](OC(=O)c2ccccc2)[C@@H](COC(=O)c2ccccc2)O[C@@H]1n1cnc2c(N)ncnc21. The number of hydrogen-bond donors (Lipinski definition) is 1. The van der Waals surface area contributed by atoms with Crippen molar-refractivity contribution in [1.29, 1.82) is 0 Å². The number of ether oxygens (including phenoxy) is 3. The van der Waals surface area contributed by atoms with Gasteiger partial charge >= 0.3 is 11.9 Å². The summed E-state index contributed by atoms with van der Waals surface area (Å²) in [5.41, 5.74) is 4.68. The first-order valence-corrected chi connectivity index (χ1v) is 11.1. The number of fused-ring (bicyclic) bond motifs is 1. The third-order valence-electron chi connectivity index (χ3n) is 5.95. The number of nitrogens with two attached hydrogens (primary N) is 1. The monoisotopic (exact) mass is 491 g/mol. The summed E-state index contributed by atoms with van der Waals surface area (Å²) in [7, 11) is 0. The molecule has 1 aliphatic heterocycles. The van der Waals surface area contributed by atoms with Crippen LogP contribution in [-0.4, -0.2) is 55.9 Å². The second-order valence-corrected chi connectivity index (χ2v) is 8.42. The predicted octanol–water partition coefficient (Wildman–Crippen LogP) is 3.12. The van der Waals surface area contributed by atoms with Gasteiger partial charge in [0.25, 0.3) is 0 Å². The molecule has 1 fully saturated rings. The van der Waals surface area contributed by atoms with Crippen LogP contribution in [0, 0.1) is 0 Å². The molecule has 4 aromatic rings. The number of nitrogens with zero attached hydrogens (tertiary/aromatic N) is 4. The van der Waals surface area contributed by atoms with E-state index in [2.05, 4.69) is 15.0 Å². The van der Waals surface area contributed by atoms with Crippen molar-refractivity contribution in [2.45, 2.75) is 31.0 Å². The maximum atomic E-state index is 16.4. The Hall–Kier alpha value is -4.38. The Labute approximate surface area is 204 Å². The molecule has 0 radical (unpaired) electrons. The summed E-state index contributed by atoms with van der Waals surface area (Å²) in [5, 5.41) is 0. The van der Waals surface area contributed by atoms with Crippen molar-refractivity contribution < 1.29 is 28.2 Å². The summed E-state index contributed by atoms with van der Waals surface area (Å²) < 4.78 is 34.8. The smallest absolute Gasteiger partial charge is 0.338 e. The van der Waals surface area contributed by atoms with Gasteiger partial charge in [0, 0.05) is 0 Å². The Morgan fingerprint density at radius 3 is 2.33 bits per heavy atom. The van der Waals surface area contributed by atoms with Crippen molar-refractivity contribution in [2.75, 3.05) is 12.3 Å². The first-order valence-electron chi connectivity index (χ1n) is 11.1. The molecule has 1 aliphatic rings. The van der Waals surface area contributed by atoms with Crippen molar-refractivity contribution >= 4 is 28.9 Å². The molecule has 4 atom stereocenters. The summed E-state index contributed by atoms with van der Waals surface area (Å²) in [6, 6.07) is 16.5. The van der Waals surface area contributed by atoms with Gasteiger partial charge in [-0.25, -0.2) is 28.9 Å². The van der Waals surface area contributed by atoms with Gasteiger partial charge in [0.05, 0.1) is 17.5 Å². The Bertz CT molecular complexity index is 1400. The minimum absolute atomic E-state index is 0.123. The molecule has 2 aromatic carbocycles. The number of nitrogen functional groups attached to an aromatic ring is 1. The summed E-state index contributed by atoms with van der Waals surface area (Å²) in [6.45, 7) is 0.885. The average molecular weight is 491 g/mol. The summed E-state index contributed by atoms with van der Waals surface area (Å²) in [4.78, 5) is 37.6. The van der Waals surface area contributed by atoms with E-state index >= 15 is 4.39 Å². The molecular formula is C25H22FN5O5. The Morgan fingerprint density at radius 2 is 1.67 bits per heavy atom. The van der Waals surface area contributed by atoms with E-state index in [1.54, 1.807) is 60.7 Å². The lowest BCUT2D eigenvalue weighted by Gasteiger charge is -2.27. The maximum Gasteiger partial charge on any atom is 0.338 e. The van der Waals surface area contributed by atoms with Crippen LogP contribution in [0.2, 0.25) is 0 Å². The van der Waals surface area contributed by atoms with Crippen molar-refractivity contribution in [3.63, 3.8) is 0 Å². The molecule has 2 aromatic heterocycles. The van der Waals surface area contributed by atoms with Crippen LogP contribution in [0.5, 0.6) is 0 Å². The van der Waals surface area contributed by atoms with Crippen LogP contribution in [0.15, 0.2) is 73.3 Å². The van der Waals surface area contributed by atoms with Gasteiger partial charge in [-0.2, -0.15) is 0 Å². The highest BCUT2D eigenvalue weighted by atomic mass is 19.1. The largest absolute Gasteiger partial charge is 0.459 e. The van der Waals surface area contributed by atoms with Gasteiger partial charge in [0.2, 0.25) is 0 Å². The number of rotatable bonds is 6. The summed E-state index contributed by atoms with van der Waals surface area (Å²) >= 11 is 0. The molecule has 1 saturated heterocycles. The molecule has 0 spiro atoms. The second kappa shape index (κ2) is 9.34. The fraction of sp³-hybridized carbons (Fsp3) is 0.240. The van der Waals surface area contributed by atoms with Gasteiger partial charge < -0.3 is 19.9 Å². The molecule has 5 rings (SSSR count). The van der Waals surface area contributed by atoms with Crippen molar-refractivity contribution in [1.82, 2.24) is 19.5 Å². The van der Waals surface area contributed by atoms with E-state index in [1.165, 1.54) is 24.1 Å². The topological polar surface area (TPSA) is 131 Å². The van der Waals surface area contributed by atoms with E-state index in [0.29, 0.717) is 5.56 Å². The van der Waals surface area contributed by atoms with E-state index in [4.69, 9.17) is 19.9 Å². The van der Waals surface area contributed by atoms with Crippen LogP contribution < -0.4 is 5.73 Å². The lowest BCUT2D eigenvalue weighted by atomic mass is 9.98. The van der Waals surface area contributed by atoms with Gasteiger partial charge in [-0.05, 0) is 31.2 Å². The minimum atomic E-state index is -2.26. The van der Waals surface area contributed by atoms with Crippen LogP contribution in [0.3, 0.4) is 0 Å². The zero-order chi connectivity index (χ0) is 25.3. The average Bonchev–Trinajstić information content (AvgIpc) is 3.42. The molecule has 11 heteroatoms. The number of halogens is 1. The Kier molecular flexibility index (Phi) is 6.06. The first-order chi connectivity index (χ1) is 17.4. The molecular weight excluding hydrogens is 469 g/mol. The second-order valence-electron chi connectivity index (χ2n) is 8.42. The quantitative estimate of drug-likeness (QED) is 0.404. The highest BCUT2D eigenvalue weighted by molar-refractivity contribution is 5.90. The van der Waals surface area contributed by atoms with Crippen LogP contribution in [0.4, 0.5) is 10.2 Å². The van der Waals surface area contributed by atoms with Crippen LogP contribution in [-0.2, 0) is 14.2 Å². The summed E-state index contributed by atoms with van der Waals surface area (Å²) in [5.74, 6) is -1.24. The highest BCUT2D eigenvalue weighted by Crippen LogP contribution is 2.44. The number of esters is 2. The van der Waals surface area contributed by atoms with Gasteiger partial charge in [-0.3, -0.25) is 4.57 Å². The number of aromatic nitrogens is 4. The molecule has 2 N–H and O–H groups in total. The number of anilines is 1. The van der Waals surface area contributed by atoms with Crippen LogP contribution in [0.25, 0.3) is 11.2 Å². The predicted molar refractivity (Wildman–Crippen MR) is 126 cm³/mol. The minimum Gasteiger partial charge on any atom is -0.459 e. The van der Waals surface area contributed by atoms with Gasteiger partial charge in [-0.15, -0.1) is 0 Å². The number of imidazole rings is 1. The first kappa shape index (κ1) is 23.4. The van der Waals surface area contributed by atoms with Crippen molar-refractivity contribution in [3.8, 4) is 0 Å². The molecule has 0 unspecified atom stereocenters. The van der Waals surface area contributed by atoms with Gasteiger partial charge in [0.1, 0.15) is 24.6 Å². The fourth-order valence-corrected chi connectivity index (χ4v) is 4.14. The van der Waals surface area contributed by atoms with E-state index in [9.17, 15) is 9.59 Å². The molecule has 0 bridgehead atoms. The number of alkyl halides is 1. The third-order valence-corrected chi connectivity index (χ3v) is 5.95. The third kappa shape index (κ3) is 4.24. The van der Waals surface area contributed by atoms with Crippen LogP contribution in [0.1, 0.15) is 33.9 Å². The fourth-order valence-electron chi connectivity index (χ4n) is 4.14. The molecule has 3 heterocycles. The molecule has 10 nitrogen and oxygen atoms in total. The van der Waals surface area contributed by atoms with Crippen molar-refractivity contribution in [3.05, 3.63) is 84.4 Å². The van der Waals surface area contributed by atoms with E-state index < -0.39 is 36.0 Å². The van der Waals surface area contributed by atoms with E-state index in [0.717, 1.165) is 0 Å². The highest BCUT2D eigenvalue weighted by Gasteiger charge is 2.58. The number of carbonyl (C=O) groups is 2. The zero-order valence-electron chi connectivity index (χ0n) is 19.2. The molecule has 0 saturated carbocycles. The molecule has 0 aliphatic carbocycles. The number of hydrogen-bond acceptors (Lipinski definition) is 9. The lowest BCUT2D eigenvalue weighted by molar-refractivity contribution is -0.0611. The van der Waals surface area contributed by atoms with Crippen molar-refractivity contribution in [2.24, 2.45) is 0 Å². The molecule has 36 heavy (non-hydrogen) atoms. The number of benzene rings is 2. The Morgan fingerprint density at radius 1 is 1.03 bits per heavy atom. The molecule has 184 valence electrons. The van der Waals surface area contributed by atoms with Crippen LogP contribution >= 0.6 is 0 Å². The lowest BCUT2D eigenvalue weighted by Crippen LogP contribution is -2.44. The van der Waals surface area contributed by atoms with Gasteiger partial charge in [0.15, 0.2) is 29.5 Å². The zero-order valence-corrected chi connectivity index (χ0v) is 19.2. The maximum absolute atomic E-state index is 16.4. The van der Waals surface area contributed by atoms with E-state index in [-0.39, 0.29) is 29.2 Å². The summed E-state index contributed by atoms with van der Waals surface area (Å²) in [6.07, 6.45) is -1.30. The molecule has 0 amide bonds. The number of carbonyl (C=O) groups excluding carboxylic acids is 2. The Balaban J connectivity index is 1.45.